The van der Waals surface area contributed by atoms with Gasteiger partial charge in [-0.25, -0.2) is 9.89 Å². The van der Waals surface area contributed by atoms with Gasteiger partial charge in [0.15, 0.2) is 11.3 Å². The van der Waals surface area contributed by atoms with Gasteiger partial charge < -0.3 is 10.2 Å². The maximum absolute atomic E-state index is 11.0. The van der Waals surface area contributed by atoms with Gasteiger partial charge in [-0.2, -0.15) is 5.10 Å². The largest absolute Gasteiger partial charge is 0.505 e. The Morgan fingerprint density at radius 3 is 2.50 bits per heavy atom. The van der Waals surface area contributed by atoms with Crippen LogP contribution < -0.4 is 5.56 Å². The number of rotatable bonds is 2. The van der Waals surface area contributed by atoms with Crippen molar-refractivity contribution in [2.24, 2.45) is 0 Å². The van der Waals surface area contributed by atoms with Crippen LogP contribution in [0, 0.1) is 0 Å². The molecule has 0 bridgehead atoms. The predicted octanol–water partition coefficient (Wildman–Crippen LogP) is 0.297. The number of aromatic hydroxyl groups is 1. The molecule has 1 aromatic heterocycles. The molecular formula is C8H10N2O4. The van der Waals surface area contributed by atoms with E-state index in [2.05, 4.69) is 5.10 Å². The second-order valence-electron chi connectivity index (χ2n) is 3.12. The van der Waals surface area contributed by atoms with Gasteiger partial charge in [-0.1, -0.05) is 13.8 Å². The highest BCUT2D eigenvalue weighted by molar-refractivity contribution is 5.90. The van der Waals surface area contributed by atoms with Gasteiger partial charge in [0.05, 0.1) is 0 Å². The summed E-state index contributed by atoms with van der Waals surface area (Å²) in [6.45, 7) is 3.46. The Bertz CT molecular complexity index is 422. The van der Waals surface area contributed by atoms with Crippen LogP contribution in [0.15, 0.2) is 4.79 Å². The van der Waals surface area contributed by atoms with Crippen molar-refractivity contribution >= 4 is 5.97 Å². The lowest BCUT2D eigenvalue weighted by molar-refractivity contribution is 0.0691. The molecule has 76 valence electrons. The average Bonchev–Trinajstić information content (AvgIpc) is 2.02. The number of aromatic carboxylic acids is 1. The molecule has 6 heteroatoms. The van der Waals surface area contributed by atoms with Gasteiger partial charge in [0, 0.05) is 5.92 Å². The second kappa shape index (κ2) is 3.49. The van der Waals surface area contributed by atoms with E-state index in [0.29, 0.717) is 0 Å². The van der Waals surface area contributed by atoms with E-state index in [4.69, 9.17) is 5.11 Å². The number of hydrogen-bond acceptors (Lipinski definition) is 4. The first-order valence-corrected chi connectivity index (χ1v) is 4.00. The first-order valence-electron chi connectivity index (χ1n) is 4.00. The summed E-state index contributed by atoms with van der Waals surface area (Å²) in [5, 5.41) is 23.7. The summed E-state index contributed by atoms with van der Waals surface area (Å²) in [7, 11) is 0. The molecule has 0 radical (unpaired) electrons. The number of hydrogen-bond donors (Lipinski definition) is 3. The lowest BCUT2D eigenvalue weighted by Crippen LogP contribution is -2.20. The first kappa shape index (κ1) is 10.2. The van der Waals surface area contributed by atoms with Crippen molar-refractivity contribution in [1.82, 2.24) is 10.2 Å². The molecule has 0 unspecified atom stereocenters. The summed E-state index contributed by atoms with van der Waals surface area (Å²) in [5.41, 5.74) is -1.40. The minimum atomic E-state index is -1.46. The van der Waals surface area contributed by atoms with Crippen LogP contribution in [-0.2, 0) is 0 Å². The topological polar surface area (TPSA) is 103 Å². The Morgan fingerprint density at radius 1 is 1.50 bits per heavy atom. The van der Waals surface area contributed by atoms with Crippen molar-refractivity contribution < 1.29 is 15.0 Å². The third kappa shape index (κ3) is 1.59. The number of carbonyl (C=O) groups is 1. The van der Waals surface area contributed by atoms with Gasteiger partial charge in [-0.3, -0.25) is 4.79 Å². The molecule has 1 aromatic rings. The van der Waals surface area contributed by atoms with Crippen molar-refractivity contribution in [3.63, 3.8) is 0 Å². The summed E-state index contributed by atoms with van der Waals surface area (Å²) in [5.74, 6) is -2.19. The number of carboxylic acids is 1. The highest BCUT2D eigenvalue weighted by Gasteiger charge is 2.20. The first-order chi connectivity index (χ1) is 6.45. The number of carboxylic acid groups (broad SMARTS) is 1. The van der Waals surface area contributed by atoms with Crippen molar-refractivity contribution in [3.05, 3.63) is 21.6 Å². The monoisotopic (exact) mass is 198 g/mol. The number of nitrogens with zero attached hydrogens (tertiary/aromatic N) is 1. The number of nitrogens with one attached hydrogen (secondary N) is 1. The average molecular weight is 198 g/mol. The van der Waals surface area contributed by atoms with Gasteiger partial charge >= 0.3 is 5.97 Å². The molecule has 0 amide bonds. The van der Waals surface area contributed by atoms with E-state index < -0.39 is 22.8 Å². The van der Waals surface area contributed by atoms with E-state index in [1.807, 2.05) is 5.10 Å². The van der Waals surface area contributed by atoms with Gasteiger partial charge in [0.2, 0.25) is 0 Å². The van der Waals surface area contributed by atoms with Gasteiger partial charge in [0.25, 0.3) is 5.56 Å². The SMILES string of the molecule is CC(C)c1n[nH]c(=O)c(C(=O)O)c1O. The standard InChI is InChI=1S/C8H10N2O4/c1-3(2)5-6(11)4(8(13)14)7(12)10-9-5/h3H,1-2H3,(H,13,14)(H2,10,11,12). The maximum atomic E-state index is 11.0. The molecule has 14 heavy (non-hydrogen) atoms. The molecule has 1 rings (SSSR count). The van der Waals surface area contributed by atoms with E-state index in [1.165, 1.54) is 0 Å². The summed E-state index contributed by atoms with van der Waals surface area (Å²) in [6, 6.07) is 0. The summed E-state index contributed by atoms with van der Waals surface area (Å²) < 4.78 is 0. The van der Waals surface area contributed by atoms with Crippen molar-refractivity contribution in [2.45, 2.75) is 19.8 Å². The minimum absolute atomic E-state index is 0.162. The third-order valence-electron chi connectivity index (χ3n) is 1.75. The third-order valence-corrected chi connectivity index (χ3v) is 1.75. The van der Waals surface area contributed by atoms with E-state index >= 15 is 0 Å². The fourth-order valence-corrected chi connectivity index (χ4v) is 1.06. The van der Waals surface area contributed by atoms with Crippen LogP contribution in [0.2, 0.25) is 0 Å². The quantitative estimate of drug-likeness (QED) is 0.634. The molecule has 0 aliphatic heterocycles. The Kier molecular flexibility index (Phi) is 2.55. The predicted molar refractivity (Wildman–Crippen MR) is 47.6 cm³/mol. The van der Waals surface area contributed by atoms with Crippen LogP contribution in [0.4, 0.5) is 0 Å². The van der Waals surface area contributed by atoms with Crippen molar-refractivity contribution in [1.29, 1.82) is 0 Å². The number of H-pyrrole nitrogens is 1. The zero-order valence-corrected chi connectivity index (χ0v) is 7.74. The molecule has 0 atom stereocenters. The Hall–Kier alpha value is -1.85. The maximum Gasteiger partial charge on any atom is 0.345 e. The minimum Gasteiger partial charge on any atom is -0.505 e. The molecule has 0 saturated carbocycles. The zero-order chi connectivity index (χ0) is 10.9. The molecule has 6 nitrogen and oxygen atoms in total. The fraction of sp³-hybridized carbons (Fsp3) is 0.375. The van der Waals surface area contributed by atoms with E-state index in [9.17, 15) is 14.7 Å². The van der Waals surface area contributed by atoms with Crippen molar-refractivity contribution in [2.75, 3.05) is 0 Å². The summed E-state index contributed by atoms with van der Waals surface area (Å²) >= 11 is 0. The highest BCUT2D eigenvalue weighted by Crippen LogP contribution is 2.23. The molecule has 0 aliphatic rings. The van der Waals surface area contributed by atoms with Crippen LogP contribution in [0.3, 0.4) is 0 Å². The van der Waals surface area contributed by atoms with Crippen molar-refractivity contribution in [3.8, 4) is 5.75 Å². The lowest BCUT2D eigenvalue weighted by atomic mass is 10.1. The molecular weight excluding hydrogens is 188 g/mol. The molecule has 1 heterocycles. The van der Waals surface area contributed by atoms with Crippen LogP contribution in [0.5, 0.6) is 5.75 Å². The summed E-state index contributed by atoms with van der Waals surface area (Å²) in [6.07, 6.45) is 0. The normalized spacial score (nSPS) is 10.5. The van der Waals surface area contributed by atoms with E-state index in [1.54, 1.807) is 13.8 Å². The van der Waals surface area contributed by atoms with Gasteiger partial charge in [0.1, 0.15) is 5.69 Å². The Labute approximate surface area is 79.2 Å². The van der Waals surface area contributed by atoms with Gasteiger partial charge in [-0.15, -0.1) is 0 Å². The molecule has 0 spiro atoms. The van der Waals surface area contributed by atoms with Crippen LogP contribution in [0.1, 0.15) is 35.8 Å². The van der Waals surface area contributed by atoms with E-state index in [0.717, 1.165) is 0 Å². The molecule has 0 saturated heterocycles. The van der Waals surface area contributed by atoms with Crippen LogP contribution in [-0.4, -0.2) is 26.4 Å². The molecule has 3 N–H and O–H groups in total. The lowest BCUT2D eigenvalue weighted by Gasteiger charge is -2.07. The molecule has 0 aliphatic carbocycles. The fourth-order valence-electron chi connectivity index (χ4n) is 1.06. The van der Waals surface area contributed by atoms with E-state index in [-0.39, 0.29) is 11.6 Å². The highest BCUT2D eigenvalue weighted by atomic mass is 16.4. The van der Waals surface area contributed by atoms with Crippen LogP contribution in [0.25, 0.3) is 0 Å². The Morgan fingerprint density at radius 2 is 2.07 bits per heavy atom. The zero-order valence-electron chi connectivity index (χ0n) is 7.74. The second-order valence-corrected chi connectivity index (χ2v) is 3.12. The van der Waals surface area contributed by atoms with Crippen LogP contribution >= 0.6 is 0 Å². The smallest absolute Gasteiger partial charge is 0.345 e. The van der Waals surface area contributed by atoms with Gasteiger partial charge in [-0.05, 0) is 0 Å². The number of aromatic amines is 1. The summed E-state index contributed by atoms with van der Waals surface area (Å²) in [4.78, 5) is 21.6. The molecule has 0 fully saturated rings. The Balaban J connectivity index is 3.49. The molecule has 0 aromatic carbocycles. The number of aromatic nitrogens is 2.